The fourth-order valence-corrected chi connectivity index (χ4v) is 1.33. The molecule has 0 aliphatic carbocycles. The highest BCUT2D eigenvalue weighted by atomic mass is 16.4. The van der Waals surface area contributed by atoms with Gasteiger partial charge in [-0.05, 0) is 23.6 Å². The topological polar surface area (TPSA) is 66.4 Å². The normalized spacial score (nSPS) is 10.3. The van der Waals surface area contributed by atoms with Crippen LogP contribution >= 0.6 is 0 Å². The summed E-state index contributed by atoms with van der Waals surface area (Å²) in [5.41, 5.74) is 1.05. The molecule has 0 aliphatic rings. The van der Waals surface area contributed by atoms with Gasteiger partial charge in [0.2, 0.25) is 5.91 Å². The summed E-state index contributed by atoms with van der Waals surface area (Å²) in [4.78, 5) is 22.1. The average Bonchev–Trinajstić information content (AvgIpc) is 2.27. The summed E-state index contributed by atoms with van der Waals surface area (Å²) in [6, 6.07) is 6.34. The van der Waals surface area contributed by atoms with Crippen LogP contribution in [-0.4, -0.2) is 23.5 Å². The number of carbonyl (C=O) groups excluding carboxylic acids is 1. The van der Waals surface area contributed by atoms with Crippen LogP contribution in [0.1, 0.15) is 29.8 Å². The van der Waals surface area contributed by atoms with Gasteiger partial charge in [0.1, 0.15) is 0 Å². The molecule has 1 aromatic rings. The second-order valence-corrected chi connectivity index (χ2v) is 4.38. The van der Waals surface area contributed by atoms with Crippen molar-refractivity contribution >= 4 is 11.9 Å². The number of rotatable bonds is 5. The molecule has 0 bridgehead atoms. The molecular formula is C13H17NO3. The second kappa shape index (κ2) is 6.03. The Kier molecular flexibility index (Phi) is 4.69. The van der Waals surface area contributed by atoms with E-state index >= 15 is 0 Å². The van der Waals surface area contributed by atoms with E-state index in [0.717, 1.165) is 5.56 Å². The third-order valence-corrected chi connectivity index (χ3v) is 2.27. The van der Waals surface area contributed by atoms with Gasteiger partial charge in [0.25, 0.3) is 0 Å². The van der Waals surface area contributed by atoms with Gasteiger partial charge in [0, 0.05) is 6.54 Å². The molecule has 17 heavy (non-hydrogen) atoms. The number of carboxylic acids is 1. The smallest absolute Gasteiger partial charge is 0.335 e. The Bertz CT molecular complexity index is 396. The minimum atomic E-state index is -0.958. The third kappa shape index (κ3) is 4.68. The molecule has 1 aromatic carbocycles. The van der Waals surface area contributed by atoms with Gasteiger partial charge < -0.3 is 10.4 Å². The number of amides is 1. The number of hydrogen-bond acceptors (Lipinski definition) is 2. The van der Waals surface area contributed by atoms with Gasteiger partial charge in [0.05, 0.1) is 12.0 Å². The SMILES string of the molecule is CC(C)CNC(=O)Cc1ccc(C(=O)O)cc1. The summed E-state index contributed by atoms with van der Waals surface area (Å²) >= 11 is 0. The maximum atomic E-state index is 11.5. The second-order valence-electron chi connectivity index (χ2n) is 4.38. The average molecular weight is 235 g/mol. The highest BCUT2D eigenvalue weighted by Gasteiger charge is 2.06. The summed E-state index contributed by atoms with van der Waals surface area (Å²) in [5.74, 6) is -0.573. The quantitative estimate of drug-likeness (QED) is 0.816. The summed E-state index contributed by atoms with van der Waals surface area (Å²) in [6.07, 6.45) is 0.284. The fraction of sp³-hybridized carbons (Fsp3) is 0.385. The van der Waals surface area contributed by atoms with Crippen LogP contribution in [-0.2, 0) is 11.2 Å². The molecule has 2 N–H and O–H groups in total. The molecule has 0 heterocycles. The van der Waals surface area contributed by atoms with Crippen LogP contribution < -0.4 is 5.32 Å². The lowest BCUT2D eigenvalue weighted by Gasteiger charge is -2.07. The lowest BCUT2D eigenvalue weighted by molar-refractivity contribution is -0.120. The molecule has 0 aromatic heterocycles. The molecule has 0 atom stereocenters. The van der Waals surface area contributed by atoms with E-state index in [-0.39, 0.29) is 17.9 Å². The Morgan fingerprint density at radius 2 is 1.82 bits per heavy atom. The van der Waals surface area contributed by atoms with Crippen LogP contribution in [0.25, 0.3) is 0 Å². The zero-order valence-corrected chi connectivity index (χ0v) is 10.1. The molecule has 1 amide bonds. The zero-order valence-electron chi connectivity index (χ0n) is 10.1. The van der Waals surface area contributed by atoms with E-state index in [9.17, 15) is 9.59 Å². The van der Waals surface area contributed by atoms with Crippen molar-refractivity contribution in [2.75, 3.05) is 6.54 Å². The van der Waals surface area contributed by atoms with Crippen molar-refractivity contribution in [2.45, 2.75) is 20.3 Å². The predicted molar refractivity (Wildman–Crippen MR) is 65.0 cm³/mol. The van der Waals surface area contributed by atoms with Crippen LogP contribution in [0.5, 0.6) is 0 Å². The monoisotopic (exact) mass is 235 g/mol. The van der Waals surface area contributed by atoms with Crippen molar-refractivity contribution in [3.05, 3.63) is 35.4 Å². The van der Waals surface area contributed by atoms with E-state index in [2.05, 4.69) is 5.32 Å². The largest absolute Gasteiger partial charge is 0.478 e. The van der Waals surface area contributed by atoms with E-state index in [4.69, 9.17) is 5.11 Å². The molecule has 4 heteroatoms. The molecule has 0 saturated carbocycles. The fourth-order valence-electron chi connectivity index (χ4n) is 1.33. The Balaban J connectivity index is 2.51. The Morgan fingerprint density at radius 3 is 2.29 bits per heavy atom. The highest BCUT2D eigenvalue weighted by molar-refractivity contribution is 5.87. The van der Waals surface area contributed by atoms with E-state index in [1.54, 1.807) is 12.1 Å². The molecular weight excluding hydrogens is 218 g/mol. The summed E-state index contributed by atoms with van der Waals surface area (Å²) < 4.78 is 0. The third-order valence-electron chi connectivity index (χ3n) is 2.27. The number of aromatic carboxylic acids is 1. The summed E-state index contributed by atoms with van der Waals surface area (Å²) in [5, 5.41) is 11.5. The first kappa shape index (κ1) is 13.2. The molecule has 0 saturated heterocycles. The van der Waals surface area contributed by atoms with Crippen molar-refractivity contribution in [3.8, 4) is 0 Å². The molecule has 4 nitrogen and oxygen atoms in total. The first-order chi connectivity index (χ1) is 7.99. The summed E-state index contributed by atoms with van der Waals surface area (Å²) in [7, 11) is 0. The molecule has 0 radical (unpaired) electrons. The molecule has 0 spiro atoms. The van der Waals surface area contributed by atoms with E-state index < -0.39 is 5.97 Å². The van der Waals surface area contributed by atoms with Crippen molar-refractivity contribution < 1.29 is 14.7 Å². The van der Waals surface area contributed by atoms with Crippen LogP contribution in [0.3, 0.4) is 0 Å². The van der Waals surface area contributed by atoms with Crippen LogP contribution in [0, 0.1) is 5.92 Å². The standard InChI is InChI=1S/C13H17NO3/c1-9(2)8-14-12(15)7-10-3-5-11(6-4-10)13(16)17/h3-6,9H,7-8H2,1-2H3,(H,14,15)(H,16,17). The van der Waals surface area contributed by atoms with E-state index in [0.29, 0.717) is 12.5 Å². The maximum absolute atomic E-state index is 11.5. The molecule has 0 unspecified atom stereocenters. The molecule has 92 valence electrons. The van der Waals surface area contributed by atoms with Gasteiger partial charge in [0.15, 0.2) is 0 Å². The lowest BCUT2D eigenvalue weighted by Crippen LogP contribution is -2.28. The minimum absolute atomic E-state index is 0.0400. The van der Waals surface area contributed by atoms with Crippen molar-refractivity contribution in [1.82, 2.24) is 5.32 Å². The van der Waals surface area contributed by atoms with Crippen molar-refractivity contribution in [2.24, 2.45) is 5.92 Å². The van der Waals surface area contributed by atoms with Gasteiger partial charge in [-0.1, -0.05) is 26.0 Å². The van der Waals surface area contributed by atoms with Gasteiger partial charge in [-0.3, -0.25) is 4.79 Å². The minimum Gasteiger partial charge on any atom is -0.478 e. The number of benzene rings is 1. The maximum Gasteiger partial charge on any atom is 0.335 e. The molecule has 0 aliphatic heterocycles. The van der Waals surface area contributed by atoms with Gasteiger partial charge in [-0.15, -0.1) is 0 Å². The van der Waals surface area contributed by atoms with Gasteiger partial charge in [-0.25, -0.2) is 4.79 Å². The highest BCUT2D eigenvalue weighted by Crippen LogP contribution is 2.05. The van der Waals surface area contributed by atoms with Crippen molar-refractivity contribution in [1.29, 1.82) is 0 Å². The van der Waals surface area contributed by atoms with Gasteiger partial charge in [-0.2, -0.15) is 0 Å². The molecule has 1 rings (SSSR count). The van der Waals surface area contributed by atoms with Crippen molar-refractivity contribution in [3.63, 3.8) is 0 Å². The first-order valence-electron chi connectivity index (χ1n) is 5.58. The van der Waals surface area contributed by atoms with E-state index in [1.807, 2.05) is 13.8 Å². The number of hydrogen-bond donors (Lipinski definition) is 2. The Hall–Kier alpha value is -1.84. The Morgan fingerprint density at radius 1 is 1.24 bits per heavy atom. The van der Waals surface area contributed by atoms with Crippen LogP contribution in [0.2, 0.25) is 0 Å². The number of nitrogens with one attached hydrogen (secondary N) is 1. The van der Waals surface area contributed by atoms with E-state index in [1.165, 1.54) is 12.1 Å². The molecule has 0 fully saturated rings. The summed E-state index contributed by atoms with van der Waals surface area (Å²) in [6.45, 7) is 4.72. The van der Waals surface area contributed by atoms with Crippen LogP contribution in [0.15, 0.2) is 24.3 Å². The number of carboxylic acid groups (broad SMARTS) is 1. The zero-order chi connectivity index (χ0) is 12.8. The lowest BCUT2D eigenvalue weighted by atomic mass is 10.1. The number of carbonyl (C=O) groups is 2. The first-order valence-corrected chi connectivity index (χ1v) is 5.58. The Labute approximate surface area is 101 Å². The van der Waals surface area contributed by atoms with Gasteiger partial charge >= 0.3 is 5.97 Å². The van der Waals surface area contributed by atoms with Crippen LogP contribution in [0.4, 0.5) is 0 Å². The predicted octanol–water partition coefficient (Wildman–Crippen LogP) is 1.70.